The van der Waals surface area contributed by atoms with Crippen molar-refractivity contribution in [3.63, 3.8) is 0 Å². The molecule has 0 aliphatic heterocycles. The number of benzene rings is 1. The third-order valence-electron chi connectivity index (χ3n) is 3.22. The van der Waals surface area contributed by atoms with E-state index in [4.69, 9.17) is 10.5 Å². The van der Waals surface area contributed by atoms with Crippen LogP contribution in [-0.2, 0) is 13.0 Å². The van der Waals surface area contributed by atoms with Gasteiger partial charge in [0.2, 0.25) is 0 Å². The third kappa shape index (κ3) is 3.25. The standard InChI is InChI=1S/C16H16BrN3O/c17-14-9-12(6-7-18)4-5-15(14)21-11-13-10-20-8-2-1-3-16(20)19-13/h1-5,8-10H,6-7,11,18H2. The van der Waals surface area contributed by atoms with Crippen LogP contribution in [0.25, 0.3) is 5.65 Å². The molecule has 0 saturated heterocycles. The van der Waals surface area contributed by atoms with Gasteiger partial charge in [-0.15, -0.1) is 0 Å². The summed E-state index contributed by atoms with van der Waals surface area (Å²) in [5.74, 6) is 0.813. The van der Waals surface area contributed by atoms with Crippen molar-refractivity contribution in [3.05, 3.63) is 64.5 Å². The van der Waals surface area contributed by atoms with Gasteiger partial charge in [-0.3, -0.25) is 0 Å². The molecule has 0 atom stereocenters. The fourth-order valence-electron chi connectivity index (χ4n) is 2.19. The zero-order valence-corrected chi connectivity index (χ0v) is 13.1. The molecule has 0 fully saturated rings. The van der Waals surface area contributed by atoms with Gasteiger partial charge >= 0.3 is 0 Å². The van der Waals surface area contributed by atoms with Crippen LogP contribution in [0, 0.1) is 0 Å². The number of imidazole rings is 1. The van der Waals surface area contributed by atoms with Crippen LogP contribution in [0.4, 0.5) is 0 Å². The molecule has 1 aromatic carbocycles. The Morgan fingerprint density at radius 1 is 1.24 bits per heavy atom. The molecule has 5 heteroatoms. The number of nitrogens with two attached hydrogens (primary N) is 1. The van der Waals surface area contributed by atoms with Crippen molar-refractivity contribution in [3.8, 4) is 5.75 Å². The molecule has 0 unspecified atom stereocenters. The Kier molecular flexibility index (Phi) is 4.22. The predicted molar refractivity (Wildman–Crippen MR) is 86.4 cm³/mol. The maximum absolute atomic E-state index is 5.83. The molecule has 3 aromatic rings. The molecular formula is C16H16BrN3O. The van der Waals surface area contributed by atoms with Crippen molar-refractivity contribution < 1.29 is 4.74 Å². The van der Waals surface area contributed by atoms with Crippen LogP contribution in [0.3, 0.4) is 0 Å². The van der Waals surface area contributed by atoms with Crippen LogP contribution in [-0.4, -0.2) is 15.9 Å². The summed E-state index contributed by atoms with van der Waals surface area (Å²) in [5, 5.41) is 0. The Balaban J connectivity index is 1.72. The highest BCUT2D eigenvalue weighted by Gasteiger charge is 2.05. The van der Waals surface area contributed by atoms with Crippen LogP contribution < -0.4 is 10.5 Å². The minimum atomic E-state index is 0.441. The van der Waals surface area contributed by atoms with Gasteiger partial charge in [0.1, 0.15) is 18.0 Å². The molecule has 4 nitrogen and oxygen atoms in total. The zero-order valence-electron chi connectivity index (χ0n) is 11.5. The summed E-state index contributed by atoms with van der Waals surface area (Å²) in [5.41, 5.74) is 8.59. The number of ether oxygens (including phenoxy) is 1. The van der Waals surface area contributed by atoms with E-state index in [0.29, 0.717) is 13.2 Å². The van der Waals surface area contributed by atoms with Crippen molar-refractivity contribution in [2.75, 3.05) is 6.54 Å². The maximum atomic E-state index is 5.83. The van der Waals surface area contributed by atoms with Crippen LogP contribution in [0.5, 0.6) is 5.75 Å². The summed E-state index contributed by atoms with van der Waals surface area (Å²) < 4.78 is 8.76. The zero-order chi connectivity index (χ0) is 14.7. The lowest BCUT2D eigenvalue weighted by Crippen LogP contribution is -2.03. The summed E-state index contributed by atoms with van der Waals surface area (Å²) in [6, 6.07) is 12.0. The summed E-state index contributed by atoms with van der Waals surface area (Å²) in [7, 11) is 0. The van der Waals surface area contributed by atoms with Gasteiger partial charge in [-0.1, -0.05) is 12.1 Å². The van der Waals surface area contributed by atoms with E-state index in [0.717, 1.165) is 28.0 Å². The Morgan fingerprint density at radius 3 is 2.90 bits per heavy atom. The first-order valence-electron chi connectivity index (χ1n) is 6.80. The second-order valence-corrected chi connectivity index (χ2v) is 5.64. The second kappa shape index (κ2) is 6.28. The first kappa shape index (κ1) is 14.1. The molecule has 0 bridgehead atoms. The fraction of sp³-hybridized carbons (Fsp3) is 0.188. The van der Waals surface area contributed by atoms with E-state index in [1.165, 1.54) is 5.56 Å². The second-order valence-electron chi connectivity index (χ2n) is 4.79. The number of hydrogen-bond acceptors (Lipinski definition) is 3. The highest BCUT2D eigenvalue weighted by molar-refractivity contribution is 9.10. The average Bonchev–Trinajstić information content (AvgIpc) is 2.89. The Hall–Kier alpha value is -1.85. The quantitative estimate of drug-likeness (QED) is 0.772. The molecule has 0 spiro atoms. The first-order chi connectivity index (χ1) is 10.3. The van der Waals surface area contributed by atoms with Crippen molar-refractivity contribution in [2.24, 2.45) is 5.73 Å². The van der Waals surface area contributed by atoms with E-state index in [1.807, 2.05) is 53.2 Å². The Labute approximate surface area is 131 Å². The van der Waals surface area contributed by atoms with Crippen molar-refractivity contribution in [1.82, 2.24) is 9.38 Å². The minimum absolute atomic E-state index is 0.441. The molecular weight excluding hydrogens is 330 g/mol. The molecule has 0 aliphatic rings. The molecule has 0 radical (unpaired) electrons. The molecule has 0 amide bonds. The SMILES string of the molecule is NCCc1ccc(OCc2cn3ccccc3n2)c(Br)c1. The molecule has 21 heavy (non-hydrogen) atoms. The first-order valence-corrected chi connectivity index (χ1v) is 7.59. The summed E-state index contributed by atoms with van der Waals surface area (Å²) in [6.07, 6.45) is 4.82. The van der Waals surface area contributed by atoms with E-state index in [2.05, 4.69) is 20.9 Å². The molecule has 108 valence electrons. The van der Waals surface area contributed by atoms with Crippen LogP contribution in [0.2, 0.25) is 0 Å². The molecule has 0 aliphatic carbocycles. The minimum Gasteiger partial charge on any atom is -0.486 e. The van der Waals surface area contributed by atoms with Crippen LogP contribution in [0.15, 0.2) is 53.3 Å². The van der Waals surface area contributed by atoms with Gasteiger partial charge in [-0.05, 0) is 58.7 Å². The third-order valence-corrected chi connectivity index (χ3v) is 3.84. The summed E-state index contributed by atoms with van der Waals surface area (Å²) >= 11 is 3.53. The highest BCUT2D eigenvalue weighted by atomic mass is 79.9. The van der Waals surface area contributed by atoms with E-state index in [9.17, 15) is 0 Å². The smallest absolute Gasteiger partial charge is 0.137 e. The van der Waals surface area contributed by atoms with Gasteiger partial charge in [0.05, 0.1) is 10.2 Å². The molecule has 2 heterocycles. The monoisotopic (exact) mass is 345 g/mol. The van der Waals surface area contributed by atoms with Gasteiger partial charge in [0.25, 0.3) is 0 Å². The summed E-state index contributed by atoms with van der Waals surface area (Å²) in [6.45, 7) is 1.09. The number of rotatable bonds is 5. The number of nitrogens with zero attached hydrogens (tertiary/aromatic N) is 2. The fourth-order valence-corrected chi connectivity index (χ4v) is 2.73. The topological polar surface area (TPSA) is 52.5 Å². The number of fused-ring (bicyclic) bond motifs is 1. The van der Waals surface area contributed by atoms with Gasteiger partial charge in [0.15, 0.2) is 0 Å². The molecule has 3 rings (SSSR count). The van der Waals surface area contributed by atoms with E-state index in [-0.39, 0.29) is 0 Å². The normalized spacial score (nSPS) is 11.0. The number of hydrogen-bond donors (Lipinski definition) is 1. The van der Waals surface area contributed by atoms with Gasteiger partial charge in [-0.2, -0.15) is 0 Å². The summed E-state index contributed by atoms with van der Waals surface area (Å²) in [4.78, 5) is 4.51. The lowest BCUT2D eigenvalue weighted by molar-refractivity contribution is 0.300. The Morgan fingerprint density at radius 2 is 2.14 bits per heavy atom. The lowest BCUT2D eigenvalue weighted by Gasteiger charge is -2.08. The van der Waals surface area contributed by atoms with Gasteiger partial charge in [-0.25, -0.2) is 4.98 Å². The molecule has 2 aromatic heterocycles. The molecule has 2 N–H and O–H groups in total. The van der Waals surface area contributed by atoms with E-state index >= 15 is 0 Å². The average molecular weight is 346 g/mol. The molecule has 0 saturated carbocycles. The maximum Gasteiger partial charge on any atom is 0.137 e. The Bertz CT molecular complexity index is 721. The number of pyridine rings is 1. The predicted octanol–water partition coefficient (Wildman–Crippen LogP) is 3.18. The van der Waals surface area contributed by atoms with Crippen molar-refractivity contribution in [1.29, 1.82) is 0 Å². The van der Waals surface area contributed by atoms with Gasteiger partial charge in [0, 0.05) is 12.4 Å². The van der Waals surface area contributed by atoms with Crippen LogP contribution >= 0.6 is 15.9 Å². The van der Waals surface area contributed by atoms with E-state index < -0.39 is 0 Å². The van der Waals surface area contributed by atoms with E-state index in [1.54, 1.807) is 0 Å². The lowest BCUT2D eigenvalue weighted by atomic mass is 10.1. The number of halogens is 1. The van der Waals surface area contributed by atoms with Crippen LogP contribution in [0.1, 0.15) is 11.3 Å². The highest BCUT2D eigenvalue weighted by Crippen LogP contribution is 2.27. The van der Waals surface area contributed by atoms with Gasteiger partial charge < -0.3 is 14.9 Å². The number of aromatic nitrogens is 2. The van der Waals surface area contributed by atoms with Crippen molar-refractivity contribution in [2.45, 2.75) is 13.0 Å². The van der Waals surface area contributed by atoms with Crippen molar-refractivity contribution >= 4 is 21.6 Å². The largest absolute Gasteiger partial charge is 0.486 e.